The minimum atomic E-state index is -0.905. The Bertz CT molecular complexity index is 3470. The molecular formula is C76H96F8O5S. The average Bonchev–Trinajstić information content (AvgIpc) is 1.59. The predicted molar refractivity (Wildman–Crippen MR) is 354 cm³/mol. The van der Waals surface area contributed by atoms with Gasteiger partial charge in [0.25, 0.3) is 0 Å². The summed E-state index contributed by atoms with van der Waals surface area (Å²) in [5.41, 5.74) is 3.89. The van der Waals surface area contributed by atoms with E-state index in [1.165, 1.54) is 88.4 Å². The van der Waals surface area contributed by atoms with Crippen LogP contribution in [0.15, 0.2) is 65.1 Å². The highest BCUT2D eigenvalue weighted by atomic mass is 32.1. The van der Waals surface area contributed by atoms with Gasteiger partial charge < -0.3 is 23.4 Å². The van der Waals surface area contributed by atoms with Crippen molar-refractivity contribution in [1.29, 1.82) is 0 Å². The third kappa shape index (κ3) is 14.3. The van der Waals surface area contributed by atoms with Crippen LogP contribution in [0.25, 0.3) is 42.1 Å². The first-order valence-electron chi connectivity index (χ1n) is 33.3. The van der Waals surface area contributed by atoms with E-state index in [2.05, 4.69) is 13.8 Å². The predicted octanol–water partition coefficient (Wildman–Crippen LogP) is 23.8. The van der Waals surface area contributed by atoms with Gasteiger partial charge in [-0.3, -0.25) is 0 Å². The van der Waals surface area contributed by atoms with E-state index in [0.717, 1.165) is 95.9 Å². The van der Waals surface area contributed by atoms with Gasteiger partial charge in [-0.05, 0) is 226 Å². The maximum atomic E-state index is 14.4. The van der Waals surface area contributed by atoms with Gasteiger partial charge >= 0.3 is 0 Å². The Hall–Kier alpha value is -6.02. The molecule has 90 heavy (non-hydrogen) atoms. The van der Waals surface area contributed by atoms with Crippen molar-refractivity contribution < 1.29 is 64.2 Å². The van der Waals surface area contributed by atoms with Gasteiger partial charge in [0.1, 0.15) is 11.6 Å². The van der Waals surface area contributed by atoms with Crippen molar-refractivity contribution in [3.05, 3.63) is 141 Å². The van der Waals surface area contributed by atoms with Crippen LogP contribution in [0, 0.1) is 122 Å². The lowest BCUT2D eigenvalue weighted by Crippen LogP contribution is -2.27. The number of ether oxygens (including phenoxy) is 4. The number of thiophene rings is 1. The molecule has 4 heterocycles. The van der Waals surface area contributed by atoms with Gasteiger partial charge in [-0.2, -0.15) is 17.6 Å². The Kier molecular flexibility index (Phi) is 20.7. The average molecular weight is 1270 g/mol. The Morgan fingerprint density at radius 3 is 1.07 bits per heavy atom. The minimum Gasteiger partial charge on any atom is -0.490 e. The van der Waals surface area contributed by atoms with E-state index in [0.29, 0.717) is 80.3 Å². The zero-order valence-corrected chi connectivity index (χ0v) is 54.4. The number of aryl methyl sites for hydroxylation is 6. The van der Waals surface area contributed by atoms with E-state index < -0.39 is 34.9 Å². The zero-order valence-electron chi connectivity index (χ0n) is 53.6. The maximum Gasteiger partial charge on any atom is 0.204 e. The molecule has 2 unspecified atom stereocenters. The number of hydrogen-bond acceptors (Lipinski definition) is 6. The molecule has 492 valence electrons. The highest BCUT2D eigenvalue weighted by Gasteiger charge is 2.34. The summed E-state index contributed by atoms with van der Waals surface area (Å²) in [5, 5.41) is 2.82. The van der Waals surface area contributed by atoms with E-state index in [-0.39, 0.29) is 63.7 Å². The van der Waals surface area contributed by atoms with E-state index in [1.807, 2.05) is 26.0 Å². The second-order valence-corrected chi connectivity index (χ2v) is 28.7. The molecule has 0 bridgehead atoms. The molecule has 14 rings (SSSR count). The Balaban J connectivity index is 0.000000179. The standard InChI is InChI=1S/2C24H34F2O2.C14H10F2O.C14H10F2S.4H2/c2*1-15-3-8-18(9-4-15)19-11-6-17(7-12-19)14-27-21-13-20-10-5-16(2)28-24(20)23(26)22(21)25;2*1-7-3-5-9-10-6-4-8(2)12(16)14(10)17-13(9)11(7)15;;;;/h2*13,15-19H,3-12,14H2,1-2H3;2*3-6H,1-2H3;4*1H. The van der Waals surface area contributed by atoms with Gasteiger partial charge in [-0.25, -0.2) is 17.6 Å². The van der Waals surface area contributed by atoms with Crippen LogP contribution in [-0.4, -0.2) is 25.4 Å². The van der Waals surface area contributed by atoms with Gasteiger partial charge in [0.05, 0.1) is 34.8 Å². The van der Waals surface area contributed by atoms with Crippen LogP contribution in [0.2, 0.25) is 0 Å². The molecule has 8 aromatic rings. The zero-order chi connectivity index (χ0) is 63.7. The van der Waals surface area contributed by atoms with Crippen molar-refractivity contribution in [2.75, 3.05) is 13.2 Å². The summed E-state index contributed by atoms with van der Waals surface area (Å²) in [4.78, 5) is 0. The largest absolute Gasteiger partial charge is 0.490 e. The van der Waals surface area contributed by atoms with Crippen LogP contribution in [0.3, 0.4) is 0 Å². The van der Waals surface area contributed by atoms with Gasteiger partial charge in [-0.15, -0.1) is 11.3 Å². The fraction of sp³-hybridized carbons (Fsp3) is 0.526. The molecule has 0 amide bonds. The Morgan fingerprint density at radius 2 is 0.711 bits per heavy atom. The lowest BCUT2D eigenvalue weighted by atomic mass is 9.69. The van der Waals surface area contributed by atoms with Crippen molar-refractivity contribution in [1.82, 2.24) is 0 Å². The third-order valence-corrected chi connectivity index (χ3v) is 22.2. The monoisotopic (exact) mass is 1270 g/mol. The second kappa shape index (κ2) is 28.5. The first-order valence-corrected chi connectivity index (χ1v) is 34.2. The third-order valence-electron chi connectivity index (χ3n) is 21.0. The molecule has 0 spiro atoms. The van der Waals surface area contributed by atoms with E-state index >= 15 is 0 Å². The number of furan rings is 1. The molecular weight excluding hydrogens is 1180 g/mol. The summed E-state index contributed by atoms with van der Waals surface area (Å²) in [6.07, 6.45) is 23.7. The molecule has 4 aliphatic carbocycles. The van der Waals surface area contributed by atoms with E-state index in [4.69, 9.17) is 23.4 Å². The second-order valence-electron chi connectivity index (χ2n) is 27.6. The van der Waals surface area contributed by atoms with Crippen LogP contribution in [0.1, 0.15) is 182 Å². The van der Waals surface area contributed by atoms with Gasteiger partial charge in [0, 0.05) is 38.4 Å². The minimum absolute atomic E-state index is 0. The van der Waals surface area contributed by atoms with Crippen molar-refractivity contribution in [3.8, 4) is 23.0 Å². The summed E-state index contributed by atoms with van der Waals surface area (Å²) in [5.74, 6) is 1.60. The van der Waals surface area contributed by atoms with Crippen LogP contribution in [0.5, 0.6) is 23.0 Å². The summed E-state index contributed by atoms with van der Waals surface area (Å²) >= 11 is 1.19. The fourth-order valence-corrected chi connectivity index (χ4v) is 16.3. The number of halogens is 8. The Labute approximate surface area is 535 Å². The lowest BCUT2D eigenvalue weighted by molar-refractivity contribution is 0.123. The number of hydrogen-bond donors (Lipinski definition) is 0. The molecule has 4 fully saturated rings. The van der Waals surface area contributed by atoms with Crippen LogP contribution < -0.4 is 18.9 Å². The molecule has 6 aromatic carbocycles. The van der Waals surface area contributed by atoms with Crippen molar-refractivity contribution in [2.45, 2.75) is 196 Å². The summed E-state index contributed by atoms with van der Waals surface area (Å²) in [6, 6.07) is 17.4. The smallest absolute Gasteiger partial charge is 0.204 e. The number of rotatable bonds is 8. The van der Waals surface area contributed by atoms with Gasteiger partial charge in [0.15, 0.2) is 45.8 Å². The quantitative estimate of drug-likeness (QED) is 0.142. The molecule has 0 saturated heterocycles. The van der Waals surface area contributed by atoms with Crippen molar-refractivity contribution in [2.24, 2.45) is 47.3 Å². The van der Waals surface area contributed by atoms with Crippen molar-refractivity contribution >= 4 is 53.4 Å². The molecule has 0 N–H and O–H groups in total. The molecule has 4 saturated carbocycles. The molecule has 2 atom stereocenters. The molecule has 6 aliphatic rings. The molecule has 14 heteroatoms. The lowest BCUT2D eigenvalue weighted by Gasteiger charge is -2.37. The SMILES string of the molecule is CC1CCC(C2CCC(COc3cc4c(c(F)c3F)OC(C)CC4)CC2)CC1.CC1CCC(C2CCC(COc3cc4c(c(F)c3F)OC(C)CC4)CC2)CC1.Cc1ccc2c(oc3c(F)c(C)ccc32)c1F.Cc1ccc2c(sc3c(F)c(C)ccc32)c1F.[HH].[HH].[HH].[HH]. The molecule has 2 aromatic heterocycles. The highest BCUT2D eigenvalue weighted by molar-refractivity contribution is 7.25. The van der Waals surface area contributed by atoms with Crippen LogP contribution >= 0.6 is 11.3 Å². The first-order chi connectivity index (χ1) is 43.2. The highest BCUT2D eigenvalue weighted by Crippen LogP contribution is 2.46. The number of fused-ring (bicyclic) bond motifs is 8. The van der Waals surface area contributed by atoms with Gasteiger partial charge in [-0.1, -0.05) is 88.1 Å². The Morgan fingerprint density at radius 1 is 0.389 bits per heavy atom. The summed E-state index contributed by atoms with van der Waals surface area (Å²) in [7, 11) is 0. The maximum absolute atomic E-state index is 14.4. The van der Waals surface area contributed by atoms with Crippen LogP contribution in [0.4, 0.5) is 35.1 Å². The number of benzene rings is 6. The summed E-state index contributed by atoms with van der Waals surface area (Å²) in [6.45, 7) is 16.2. The van der Waals surface area contributed by atoms with Crippen LogP contribution in [-0.2, 0) is 12.8 Å². The molecule has 5 nitrogen and oxygen atoms in total. The normalized spacial score (nSPS) is 24.9. The summed E-state index contributed by atoms with van der Waals surface area (Å²) < 4.78 is 142. The van der Waals surface area contributed by atoms with Crippen molar-refractivity contribution in [3.63, 3.8) is 0 Å². The molecule has 0 radical (unpaired) electrons. The topological polar surface area (TPSA) is 50.1 Å². The molecule has 2 aliphatic heterocycles. The first kappa shape index (κ1) is 65.5. The van der Waals surface area contributed by atoms with E-state index in [9.17, 15) is 35.1 Å². The fourth-order valence-electron chi connectivity index (χ4n) is 15.0. The van der Waals surface area contributed by atoms with E-state index in [1.54, 1.807) is 76.2 Å². The van der Waals surface area contributed by atoms with Gasteiger partial charge in [0.2, 0.25) is 23.3 Å².